The summed E-state index contributed by atoms with van der Waals surface area (Å²) >= 11 is 0. The van der Waals surface area contributed by atoms with Crippen molar-refractivity contribution in [2.24, 2.45) is 0 Å². The third-order valence-corrected chi connectivity index (χ3v) is 4.60. The molecule has 1 aliphatic heterocycles. The average molecular weight is 347 g/mol. The Morgan fingerprint density at radius 2 is 1.67 bits per heavy atom. The standard InChI is InChI=1S/C19H38O5/c1-3-4-5-6-7-8-9-10-11-12-19-23-15-18(24-19)16(2)22-14-17(21)13-20/h16-21H,3-15H2,1-2H3/t16-,17-,18?,19?/m0/s1. The second-order valence-corrected chi connectivity index (χ2v) is 6.93. The molecule has 24 heavy (non-hydrogen) atoms. The fraction of sp³-hybridized carbons (Fsp3) is 1.00. The number of aliphatic hydroxyl groups excluding tert-OH is 2. The largest absolute Gasteiger partial charge is 0.394 e. The summed E-state index contributed by atoms with van der Waals surface area (Å²) in [5, 5.41) is 18.1. The normalized spacial score (nSPS) is 23.5. The van der Waals surface area contributed by atoms with Gasteiger partial charge in [-0.15, -0.1) is 0 Å². The van der Waals surface area contributed by atoms with E-state index >= 15 is 0 Å². The van der Waals surface area contributed by atoms with E-state index in [1.54, 1.807) is 0 Å². The molecule has 0 radical (unpaired) electrons. The van der Waals surface area contributed by atoms with Crippen LogP contribution in [0.3, 0.4) is 0 Å². The highest BCUT2D eigenvalue weighted by molar-refractivity contribution is 4.72. The van der Waals surface area contributed by atoms with Gasteiger partial charge < -0.3 is 24.4 Å². The van der Waals surface area contributed by atoms with E-state index < -0.39 is 6.10 Å². The second-order valence-electron chi connectivity index (χ2n) is 6.93. The van der Waals surface area contributed by atoms with E-state index in [1.807, 2.05) is 6.92 Å². The van der Waals surface area contributed by atoms with Gasteiger partial charge in [-0.05, 0) is 19.8 Å². The lowest BCUT2D eigenvalue weighted by molar-refractivity contribution is -0.105. The van der Waals surface area contributed by atoms with Gasteiger partial charge in [0, 0.05) is 0 Å². The molecule has 0 aromatic rings. The molecule has 5 heteroatoms. The molecule has 144 valence electrons. The van der Waals surface area contributed by atoms with Crippen LogP contribution in [0.15, 0.2) is 0 Å². The fourth-order valence-corrected chi connectivity index (χ4v) is 2.92. The van der Waals surface area contributed by atoms with Crippen molar-refractivity contribution in [3.8, 4) is 0 Å². The maximum atomic E-state index is 9.30. The monoisotopic (exact) mass is 346 g/mol. The van der Waals surface area contributed by atoms with Crippen LogP contribution in [-0.4, -0.2) is 54.6 Å². The van der Waals surface area contributed by atoms with Crippen molar-refractivity contribution in [2.75, 3.05) is 19.8 Å². The maximum Gasteiger partial charge on any atom is 0.158 e. The minimum atomic E-state index is -0.826. The number of aliphatic hydroxyl groups is 2. The van der Waals surface area contributed by atoms with E-state index in [4.69, 9.17) is 19.3 Å². The van der Waals surface area contributed by atoms with Crippen LogP contribution in [0.1, 0.15) is 78.1 Å². The second kappa shape index (κ2) is 14.0. The Morgan fingerprint density at radius 3 is 2.29 bits per heavy atom. The molecule has 0 amide bonds. The summed E-state index contributed by atoms with van der Waals surface area (Å²) in [6.45, 7) is 4.55. The third-order valence-electron chi connectivity index (χ3n) is 4.60. The molecule has 1 aliphatic rings. The zero-order valence-electron chi connectivity index (χ0n) is 15.6. The van der Waals surface area contributed by atoms with Gasteiger partial charge in [-0.3, -0.25) is 0 Å². The Hall–Kier alpha value is -0.200. The molecule has 0 saturated carbocycles. The third kappa shape index (κ3) is 9.94. The SMILES string of the molecule is CCCCCCCCCCCC1OCC([C@H](C)OC[C@@H](O)CO)O1. The topological polar surface area (TPSA) is 68.2 Å². The Morgan fingerprint density at radius 1 is 1.04 bits per heavy atom. The summed E-state index contributed by atoms with van der Waals surface area (Å²) in [4.78, 5) is 0. The van der Waals surface area contributed by atoms with E-state index in [0.29, 0.717) is 6.61 Å². The van der Waals surface area contributed by atoms with Gasteiger partial charge in [-0.25, -0.2) is 0 Å². The number of hydrogen-bond donors (Lipinski definition) is 2. The van der Waals surface area contributed by atoms with Crippen molar-refractivity contribution < 1.29 is 24.4 Å². The van der Waals surface area contributed by atoms with Crippen LogP contribution in [0, 0.1) is 0 Å². The van der Waals surface area contributed by atoms with Crippen LogP contribution in [-0.2, 0) is 14.2 Å². The van der Waals surface area contributed by atoms with Gasteiger partial charge in [0.1, 0.15) is 12.2 Å². The van der Waals surface area contributed by atoms with E-state index in [0.717, 1.165) is 12.8 Å². The molecule has 5 nitrogen and oxygen atoms in total. The van der Waals surface area contributed by atoms with Gasteiger partial charge in [0.2, 0.25) is 0 Å². The maximum absolute atomic E-state index is 9.30. The van der Waals surface area contributed by atoms with Crippen molar-refractivity contribution in [1.82, 2.24) is 0 Å². The van der Waals surface area contributed by atoms with Gasteiger partial charge in [-0.1, -0.05) is 58.3 Å². The first-order valence-electron chi connectivity index (χ1n) is 9.85. The zero-order chi connectivity index (χ0) is 17.6. The molecular formula is C19H38O5. The highest BCUT2D eigenvalue weighted by Crippen LogP contribution is 2.21. The van der Waals surface area contributed by atoms with Crippen molar-refractivity contribution in [2.45, 2.75) is 103 Å². The van der Waals surface area contributed by atoms with Crippen molar-refractivity contribution in [1.29, 1.82) is 0 Å². The molecule has 1 rings (SSSR count). The number of rotatable bonds is 15. The molecule has 1 saturated heterocycles. The van der Waals surface area contributed by atoms with E-state index in [9.17, 15) is 5.11 Å². The summed E-state index contributed by atoms with van der Waals surface area (Å²) in [5.74, 6) is 0. The van der Waals surface area contributed by atoms with Gasteiger partial charge in [0.25, 0.3) is 0 Å². The lowest BCUT2D eigenvalue weighted by Crippen LogP contribution is -2.32. The van der Waals surface area contributed by atoms with Crippen LogP contribution in [0.2, 0.25) is 0 Å². The van der Waals surface area contributed by atoms with Gasteiger partial charge in [0.05, 0.1) is 25.9 Å². The molecule has 0 bridgehead atoms. The highest BCUT2D eigenvalue weighted by Gasteiger charge is 2.30. The zero-order valence-corrected chi connectivity index (χ0v) is 15.6. The van der Waals surface area contributed by atoms with E-state index in [1.165, 1.54) is 51.4 Å². The summed E-state index contributed by atoms with van der Waals surface area (Å²) in [5.41, 5.74) is 0. The summed E-state index contributed by atoms with van der Waals surface area (Å²) in [6, 6.07) is 0. The first-order valence-corrected chi connectivity index (χ1v) is 9.85. The molecule has 0 aromatic heterocycles. The number of unbranched alkanes of at least 4 members (excludes halogenated alkanes) is 8. The minimum absolute atomic E-state index is 0.0838. The number of hydrogen-bond acceptors (Lipinski definition) is 5. The molecule has 4 atom stereocenters. The Bertz CT molecular complexity index is 287. The van der Waals surface area contributed by atoms with Crippen LogP contribution in [0.4, 0.5) is 0 Å². The lowest BCUT2D eigenvalue weighted by atomic mass is 10.1. The number of ether oxygens (including phenoxy) is 3. The predicted molar refractivity (Wildman–Crippen MR) is 95.0 cm³/mol. The first kappa shape index (κ1) is 21.8. The Labute approximate surface area is 147 Å². The van der Waals surface area contributed by atoms with Gasteiger partial charge in [0.15, 0.2) is 6.29 Å². The van der Waals surface area contributed by atoms with Crippen molar-refractivity contribution >= 4 is 0 Å². The van der Waals surface area contributed by atoms with Crippen LogP contribution < -0.4 is 0 Å². The first-order chi connectivity index (χ1) is 11.7. The van der Waals surface area contributed by atoms with E-state index in [-0.39, 0.29) is 31.7 Å². The summed E-state index contributed by atoms with van der Waals surface area (Å²) in [7, 11) is 0. The van der Waals surface area contributed by atoms with Crippen molar-refractivity contribution in [3.63, 3.8) is 0 Å². The molecule has 0 aromatic carbocycles. The van der Waals surface area contributed by atoms with Gasteiger partial charge in [-0.2, -0.15) is 0 Å². The molecule has 2 unspecified atom stereocenters. The Balaban J connectivity index is 1.96. The van der Waals surface area contributed by atoms with Crippen LogP contribution in [0.5, 0.6) is 0 Å². The smallest absolute Gasteiger partial charge is 0.158 e. The van der Waals surface area contributed by atoms with Crippen LogP contribution in [0.25, 0.3) is 0 Å². The highest BCUT2D eigenvalue weighted by atomic mass is 16.7. The Kier molecular flexibility index (Phi) is 12.8. The minimum Gasteiger partial charge on any atom is -0.394 e. The van der Waals surface area contributed by atoms with Crippen molar-refractivity contribution in [3.05, 3.63) is 0 Å². The summed E-state index contributed by atoms with van der Waals surface area (Å²) < 4.78 is 17.1. The van der Waals surface area contributed by atoms with Crippen LogP contribution >= 0.6 is 0 Å². The lowest BCUT2D eigenvalue weighted by Gasteiger charge is -2.20. The fourth-order valence-electron chi connectivity index (χ4n) is 2.92. The molecule has 1 fully saturated rings. The molecule has 0 aliphatic carbocycles. The molecule has 1 heterocycles. The predicted octanol–water partition coefficient (Wildman–Crippen LogP) is 3.41. The van der Waals surface area contributed by atoms with E-state index in [2.05, 4.69) is 6.92 Å². The molecule has 0 spiro atoms. The average Bonchev–Trinajstić information content (AvgIpc) is 3.06. The molecule has 2 N–H and O–H groups in total. The van der Waals surface area contributed by atoms with Gasteiger partial charge >= 0.3 is 0 Å². The quantitative estimate of drug-likeness (QED) is 0.445. The molecular weight excluding hydrogens is 308 g/mol. The summed E-state index contributed by atoms with van der Waals surface area (Å²) in [6.07, 6.45) is 11.6.